The normalized spacial score (nSPS) is 11.6. The topological polar surface area (TPSA) is 78.4 Å². The third-order valence-electron chi connectivity index (χ3n) is 6.30. The van der Waals surface area contributed by atoms with Crippen LogP contribution in [0.2, 0.25) is 0 Å². The van der Waals surface area contributed by atoms with Crippen LogP contribution in [0.3, 0.4) is 0 Å². The highest BCUT2D eigenvalue weighted by Crippen LogP contribution is 2.28. The molecule has 0 aliphatic rings. The smallest absolute Gasteiger partial charge is 0.251 e. The van der Waals surface area contributed by atoms with E-state index in [0.717, 1.165) is 28.8 Å². The SMILES string of the molecule is Cc1cc(C)nc(SCC(=O)N(Cc2ccccc2F)C(C(=O)Nc2ccc(N(C)C)cc2)c2ccc(F)cc2)n1. The second-order valence-corrected chi connectivity index (χ2v) is 10.7. The van der Waals surface area contributed by atoms with E-state index >= 15 is 0 Å². The number of benzene rings is 3. The summed E-state index contributed by atoms with van der Waals surface area (Å²) >= 11 is 1.13. The summed E-state index contributed by atoms with van der Waals surface area (Å²) < 4.78 is 28.7. The zero-order valence-electron chi connectivity index (χ0n) is 23.3. The Kier molecular flexibility index (Phi) is 9.67. The van der Waals surface area contributed by atoms with Crippen LogP contribution in [0.25, 0.3) is 0 Å². The van der Waals surface area contributed by atoms with Crippen molar-refractivity contribution in [2.75, 3.05) is 30.1 Å². The van der Waals surface area contributed by atoms with E-state index in [0.29, 0.717) is 16.4 Å². The molecule has 10 heteroatoms. The number of nitrogens with one attached hydrogen (secondary N) is 1. The van der Waals surface area contributed by atoms with Gasteiger partial charge in [0.1, 0.15) is 17.7 Å². The molecule has 0 spiro atoms. The molecule has 1 unspecified atom stereocenters. The van der Waals surface area contributed by atoms with Gasteiger partial charge in [-0.05, 0) is 67.9 Å². The minimum Gasteiger partial charge on any atom is -0.378 e. The highest BCUT2D eigenvalue weighted by Gasteiger charge is 2.32. The molecule has 1 heterocycles. The number of thioether (sulfide) groups is 1. The van der Waals surface area contributed by atoms with Crippen molar-refractivity contribution in [1.29, 1.82) is 0 Å². The lowest BCUT2D eigenvalue weighted by Crippen LogP contribution is -2.42. The number of aryl methyl sites for hydroxylation is 2. The van der Waals surface area contributed by atoms with Crippen molar-refractivity contribution in [1.82, 2.24) is 14.9 Å². The molecule has 1 aromatic heterocycles. The molecular formula is C31H31F2N5O2S. The number of hydrogen-bond acceptors (Lipinski definition) is 6. The monoisotopic (exact) mass is 575 g/mol. The number of aromatic nitrogens is 2. The lowest BCUT2D eigenvalue weighted by atomic mass is 10.0. The molecule has 0 aliphatic heterocycles. The average molecular weight is 576 g/mol. The first-order chi connectivity index (χ1) is 19.6. The van der Waals surface area contributed by atoms with Crippen molar-refractivity contribution in [3.63, 3.8) is 0 Å². The highest BCUT2D eigenvalue weighted by atomic mass is 32.2. The van der Waals surface area contributed by atoms with Crippen LogP contribution in [0.1, 0.15) is 28.6 Å². The van der Waals surface area contributed by atoms with E-state index in [4.69, 9.17) is 0 Å². The van der Waals surface area contributed by atoms with Crippen molar-refractivity contribution >= 4 is 35.0 Å². The predicted molar refractivity (Wildman–Crippen MR) is 158 cm³/mol. The Labute approximate surface area is 242 Å². The molecule has 0 fully saturated rings. The Morgan fingerprint density at radius 1 is 0.902 bits per heavy atom. The first kappa shape index (κ1) is 29.7. The number of amides is 2. The van der Waals surface area contributed by atoms with Crippen molar-refractivity contribution in [2.45, 2.75) is 31.6 Å². The van der Waals surface area contributed by atoms with E-state index in [1.807, 2.05) is 51.0 Å². The van der Waals surface area contributed by atoms with Crippen molar-refractivity contribution in [3.8, 4) is 0 Å². The fraction of sp³-hybridized carbons (Fsp3) is 0.226. The Morgan fingerprint density at radius 3 is 2.15 bits per heavy atom. The largest absolute Gasteiger partial charge is 0.378 e. The third-order valence-corrected chi connectivity index (χ3v) is 7.13. The van der Waals surface area contributed by atoms with E-state index in [-0.39, 0.29) is 17.9 Å². The lowest BCUT2D eigenvalue weighted by Gasteiger charge is -2.31. The molecule has 3 aromatic carbocycles. The van der Waals surface area contributed by atoms with Crippen LogP contribution in [0.5, 0.6) is 0 Å². The molecule has 212 valence electrons. The summed E-state index contributed by atoms with van der Waals surface area (Å²) in [6.45, 7) is 3.49. The molecule has 1 atom stereocenters. The fourth-order valence-electron chi connectivity index (χ4n) is 4.27. The van der Waals surface area contributed by atoms with Gasteiger partial charge in [-0.25, -0.2) is 18.7 Å². The molecule has 4 rings (SSSR count). The van der Waals surface area contributed by atoms with Gasteiger partial charge in [0.2, 0.25) is 5.91 Å². The number of anilines is 2. The predicted octanol–water partition coefficient (Wildman–Crippen LogP) is 5.94. The van der Waals surface area contributed by atoms with Crippen LogP contribution in [0.4, 0.5) is 20.2 Å². The number of carbonyl (C=O) groups excluding carboxylic acids is 2. The number of halogens is 2. The maximum Gasteiger partial charge on any atom is 0.251 e. The maximum atomic E-state index is 14.8. The molecule has 4 aromatic rings. The van der Waals surface area contributed by atoms with E-state index in [9.17, 15) is 18.4 Å². The van der Waals surface area contributed by atoms with Gasteiger partial charge >= 0.3 is 0 Å². The molecule has 0 saturated carbocycles. The average Bonchev–Trinajstić information content (AvgIpc) is 2.93. The van der Waals surface area contributed by atoms with E-state index < -0.39 is 29.5 Å². The summed E-state index contributed by atoms with van der Waals surface area (Å²) in [6, 6.07) is 19.3. The van der Waals surface area contributed by atoms with Gasteiger partial charge in [-0.1, -0.05) is 42.1 Å². The molecule has 0 aliphatic carbocycles. The minimum atomic E-state index is -1.18. The first-order valence-electron chi connectivity index (χ1n) is 12.9. The minimum absolute atomic E-state index is 0.0974. The number of carbonyl (C=O) groups is 2. The standard InChI is InChI=1S/C31H31F2N5O2S/c1-20-17-21(2)35-31(34-20)41-19-28(39)38(18-23-7-5-6-8-27(23)33)29(22-9-11-24(32)12-10-22)30(40)36-25-13-15-26(16-14-25)37(3)4/h5-17,29H,18-19H2,1-4H3,(H,36,40). The molecule has 0 radical (unpaired) electrons. The van der Waals surface area contributed by atoms with Crippen LogP contribution in [-0.2, 0) is 16.1 Å². The van der Waals surface area contributed by atoms with Gasteiger partial charge in [-0.2, -0.15) is 0 Å². The molecule has 7 nitrogen and oxygen atoms in total. The molecular weight excluding hydrogens is 544 g/mol. The Morgan fingerprint density at radius 2 is 1.54 bits per heavy atom. The van der Waals surface area contributed by atoms with E-state index in [1.165, 1.54) is 35.2 Å². The Hall–Kier alpha value is -4.31. The summed E-state index contributed by atoms with van der Waals surface area (Å²) in [6.07, 6.45) is 0. The molecule has 2 amide bonds. The zero-order chi connectivity index (χ0) is 29.5. The lowest BCUT2D eigenvalue weighted by molar-refractivity contribution is -0.137. The van der Waals surface area contributed by atoms with Crippen LogP contribution in [0.15, 0.2) is 84.0 Å². The number of nitrogens with zero attached hydrogens (tertiary/aromatic N) is 4. The van der Waals surface area contributed by atoms with E-state index in [1.54, 1.807) is 30.3 Å². The van der Waals surface area contributed by atoms with Crippen molar-refractivity contribution < 1.29 is 18.4 Å². The van der Waals surface area contributed by atoms with Gasteiger partial charge in [0.15, 0.2) is 5.16 Å². The van der Waals surface area contributed by atoms with Gasteiger partial charge < -0.3 is 15.1 Å². The van der Waals surface area contributed by atoms with Gasteiger partial charge in [-0.3, -0.25) is 9.59 Å². The maximum absolute atomic E-state index is 14.8. The quantitative estimate of drug-likeness (QED) is 0.186. The van der Waals surface area contributed by atoms with Gasteiger partial charge in [0, 0.05) is 49.0 Å². The van der Waals surface area contributed by atoms with E-state index in [2.05, 4.69) is 15.3 Å². The molecule has 1 N–H and O–H groups in total. The first-order valence-corrected chi connectivity index (χ1v) is 13.9. The fourth-order valence-corrected chi connectivity index (χ4v) is 5.11. The number of rotatable bonds is 10. The zero-order valence-corrected chi connectivity index (χ0v) is 24.1. The van der Waals surface area contributed by atoms with Crippen molar-refractivity contribution in [3.05, 3.63) is 113 Å². The van der Waals surface area contributed by atoms with Gasteiger partial charge in [-0.15, -0.1) is 0 Å². The molecule has 41 heavy (non-hydrogen) atoms. The summed E-state index contributed by atoms with van der Waals surface area (Å²) in [7, 11) is 3.82. The number of hydrogen-bond donors (Lipinski definition) is 1. The highest BCUT2D eigenvalue weighted by molar-refractivity contribution is 7.99. The van der Waals surface area contributed by atoms with Crippen LogP contribution >= 0.6 is 11.8 Å². The summed E-state index contributed by atoms with van der Waals surface area (Å²) in [4.78, 5) is 39.7. The summed E-state index contributed by atoms with van der Waals surface area (Å²) in [5.74, 6) is -2.05. The van der Waals surface area contributed by atoms with Crippen LogP contribution < -0.4 is 10.2 Å². The Bertz CT molecular complexity index is 1490. The van der Waals surface area contributed by atoms with Crippen molar-refractivity contribution in [2.24, 2.45) is 0 Å². The summed E-state index contributed by atoms with van der Waals surface area (Å²) in [5, 5.41) is 3.30. The van der Waals surface area contributed by atoms with Gasteiger partial charge in [0.05, 0.1) is 5.75 Å². The molecule has 0 saturated heterocycles. The van der Waals surface area contributed by atoms with Gasteiger partial charge in [0.25, 0.3) is 5.91 Å². The van der Waals surface area contributed by atoms with Crippen LogP contribution in [-0.4, -0.2) is 46.5 Å². The Balaban J connectivity index is 1.70. The second kappa shape index (κ2) is 13.4. The second-order valence-electron chi connectivity index (χ2n) is 9.72. The molecule has 0 bridgehead atoms. The summed E-state index contributed by atoms with van der Waals surface area (Å²) in [5.41, 5.74) is 3.61. The third kappa shape index (κ3) is 7.88. The van der Waals surface area contributed by atoms with Crippen LogP contribution in [0, 0.1) is 25.5 Å².